The number of ether oxygens (including phenoxy) is 2. The van der Waals surface area contributed by atoms with E-state index in [1.807, 2.05) is 6.08 Å². The molecule has 0 aliphatic carbocycles. The summed E-state index contributed by atoms with van der Waals surface area (Å²) >= 11 is 0. The number of esters is 2. The lowest BCUT2D eigenvalue weighted by Gasteiger charge is -2.17. The number of nitrogens with zero attached hydrogens (tertiary/aromatic N) is 3. The van der Waals surface area contributed by atoms with E-state index in [2.05, 4.69) is 20.3 Å². The van der Waals surface area contributed by atoms with Gasteiger partial charge in [0.2, 0.25) is 5.95 Å². The number of pyridine rings is 1. The van der Waals surface area contributed by atoms with Gasteiger partial charge < -0.3 is 26.3 Å². The van der Waals surface area contributed by atoms with Crippen molar-refractivity contribution >= 4 is 52.8 Å². The molecule has 36 heavy (non-hydrogen) atoms. The molecule has 2 aromatic heterocycles. The Balaban J connectivity index is 1.67. The Labute approximate surface area is 207 Å². The molecule has 5 N–H and O–H groups in total. The summed E-state index contributed by atoms with van der Waals surface area (Å²) in [5.74, 6) is -1.23. The molecule has 0 unspecified atom stereocenters. The maximum atomic E-state index is 12.7. The van der Waals surface area contributed by atoms with Crippen LogP contribution in [0.25, 0.3) is 23.2 Å². The Bertz CT molecular complexity index is 1280. The Morgan fingerprint density at radius 1 is 0.944 bits per heavy atom. The Hall–Kier alpha value is -4.54. The molecular weight excluding hydrogens is 464 g/mol. The van der Waals surface area contributed by atoms with Crippen LogP contribution in [-0.2, 0) is 19.1 Å². The van der Waals surface area contributed by atoms with Crippen molar-refractivity contribution in [2.45, 2.75) is 32.7 Å². The highest BCUT2D eigenvalue weighted by atomic mass is 16.5. The molecule has 1 amide bonds. The van der Waals surface area contributed by atoms with Gasteiger partial charge in [0.1, 0.15) is 11.6 Å². The summed E-state index contributed by atoms with van der Waals surface area (Å²) in [4.78, 5) is 49.1. The number of nitrogens with one attached hydrogen (secondary N) is 1. The molecule has 0 aliphatic heterocycles. The van der Waals surface area contributed by atoms with Crippen molar-refractivity contribution in [1.29, 1.82) is 0 Å². The van der Waals surface area contributed by atoms with E-state index >= 15 is 0 Å². The summed E-state index contributed by atoms with van der Waals surface area (Å²) < 4.78 is 9.91. The predicted molar refractivity (Wildman–Crippen MR) is 135 cm³/mol. The third-order valence-electron chi connectivity index (χ3n) is 5.05. The SMILES string of the molecule is CCOC(=O)CC[C@H](NC(=O)c1ccc(/C=C/c2ccc3nc(N)nc(N)c3n2)cc1)C(=O)OCC. The van der Waals surface area contributed by atoms with E-state index in [0.717, 1.165) is 5.56 Å². The molecule has 0 fully saturated rings. The minimum Gasteiger partial charge on any atom is -0.466 e. The Morgan fingerprint density at radius 3 is 2.36 bits per heavy atom. The molecule has 0 spiro atoms. The first-order valence-electron chi connectivity index (χ1n) is 11.4. The number of anilines is 2. The van der Waals surface area contributed by atoms with Crippen LogP contribution in [0.2, 0.25) is 0 Å². The van der Waals surface area contributed by atoms with Crippen molar-refractivity contribution in [3.63, 3.8) is 0 Å². The highest BCUT2D eigenvalue weighted by Gasteiger charge is 2.24. The Morgan fingerprint density at radius 2 is 1.67 bits per heavy atom. The first-order valence-corrected chi connectivity index (χ1v) is 11.4. The zero-order chi connectivity index (χ0) is 26.1. The van der Waals surface area contributed by atoms with E-state index in [-0.39, 0.29) is 37.8 Å². The number of nitrogen functional groups attached to an aromatic ring is 2. The summed E-state index contributed by atoms with van der Waals surface area (Å²) in [6, 6.07) is 9.33. The molecule has 0 bridgehead atoms. The van der Waals surface area contributed by atoms with Gasteiger partial charge in [0.05, 0.1) is 24.4 Å². The van der Waals surface area contributed by atoms with Gasteiger partial charge >= 0.3 is 11.9 Å². The van der Waals surface area contributed by atoms with Crippen molar-refractivity contribution in [2.75, 3.05) is 24.7 Å². The first kappa shape index (κ1) is 26.1. The molecule has 1 aromatic carbocycles. The van der Waals surface area contributed by atoms with E-state index in [4.69, 9.17) is 20.9 Å². The minimum absolute atomic E-state index is 0.0186. The number of aromatic nitrogens is 3. The van der Waals surface area contributed by atoms with Crippen molar-refractivity contribution < 1.29 is 23.9 Å². The zero-order valence-corrected chi connectivity index (χ0v) is 20.1. The fraction of sp³-hybridized carbons (Fsp3) is 0.280. The maximum absolute atomic E-state index is 12.7. The lowest BCUT2D eigenvalue weighted by molar-refractivity contribution is -0.146. The summed E-state index contributed by atoms with van der Waals surface area (Å²) in [6.45, 7) is 3.76. The molecule has 0 saturated carbocycles. The third kappa shape index (κ3) is 6.98. The number of fused-ring (bicyclic) bond motifs is 1. The molecule has 3 rings (SSSR count). The van der Waals surface area contributed by atoms with Crippen LogP contribution in [0, 0.1) is 0 Å². The average molecular weight is 493 g/mol. The van der Waals surface area contributed by atoms with Gasteiger partial charge in [-0.1, -0.05) is 18.2 Å². The van der Waals surface area contributed by atoms with Gasteiger partial charge in [-0.3, -0.25) is 9.59 Å². The lowest BCUT2D eigenvalue weighted by atomic mass is 10.1. The van der Waals surface area contributed by atoms with Gasteiger partial charge in [0.25, 0.3) is 5.91 Å². The van der Waals surface area contributed by atoms with E-state index < -0.39 is 23.9 Å². The molecule has 2 heterocycles. The first-order chi connectivity index (χ1) is 17.3. The molecule has 1 atom stereocenters. The topological polar surface area (TPSA) is 172 Å². The molecule has 188 valence electrons. The van der Waals surface area contributed by atoms with Crippen LogP contribution in [0.1, 0.15) is 48.3 Å². The fourth-order valence-electron chi connectivity index (χ4n) is 3.32. The third-order valence-corrected chi connectivity index (χ3v) is 5.05. The van der Waals surface area contributed by atoms with Crippen LogP contribution in [0.4, 0.5) is 11.8 Å². The number of rotatable bonds is 10. The van der Waals surface area contributed by atoms with E-state index in [0.29, 0.717) is 22.3 Å². The summed E-state index contributed by atoms with van der Waals surface area (Å²) in [5, 5.41) is 2.64. The van der Waals surface area contributed by atoms with Gasteiger partial charge in [-0.05, 0) is 56.2 Å². The van der Waals surface area contributed by atoms with Crippen molar-refractivity contribution in [3.8, 4) is 0 Å². The van der Waals surface area contributed by atoms with E-state index in [9.17, 15) is 14.4 Å². The van der Waals surface area contributed by atoms with Crippen LogP contribution >= 0.6 is 0 Å². The van der Waals surface area contributed by atoms with Gasteiger partial charge in [-0.15, -0.1) is 0 Å². The van der Waals surface area contributed by atoms with Gasteiger partial charge in [0.15, 0.2) is 5.82 Å². The second-order valence-corrected chi connectivity index (χ2v) is 7.65. The van der Waals surface area contributed by atoms with E-state index in [1.54, 1.807) is 56.3 Å². The fourth-order valence-corrected chi connectivity index (χ4v) is 3.32. The van der Waals surface area contributed by atoms with Crippen molar-refractivity contribution in [3.05, 3.63) is 53.2 Å². The lowest BCUT2D eigenvalue weighted by Crippen LogP contribution is -2.42. The van der Waals surface area contributed by atoms with Crippen LogP contribution in [0.5, 0.6) is 0 Å². The second-order valence-electron chi connectivity index (χ2n) is 7.65. The highest BCUT2D eigenvalue weighted by Crippen LogP contribution is 2.18. The van der Waals surface area contributed by atoms with Crippen LogP contribution < -0.4 is 16.8 Å². The summed E-state index contributed by atoms with van der Waals surface area (Å²) in [6.07, 6.45) is 3.67. The molecule has 11 heteroatoms. The van der Waals surface area contributed by atoms with Gasteiger partial charge in [-0.2, -0.15) is 4.98 Å². The number of hydrogen-bond acceptors (Lipinski definition) is 10. The van der Waals surface area contributed by atoms with Crippen molar-refractivity contribution in [1.82, 2.24) is 20.3 Å². The van der Waals surface area contributed by atoms with Crippen molar-refractivity contribution in [2.24, 2.45) is 0 Å². The highest BCUT2D eigenvalue weighted by molar-refractivity contribution is 5.97. The molecule has 0 saturated heterocycles. The average Bonchev–Trinajstić information content (AvgIpc) is 2.85. The number of hydrogen-bond donors (Lipinski definition) is 3. The molecule has 0 radical (unpaired) electrons. The number of benzene rings is 1. The molecule has 11 nitrogen and oxygen atoms in total. The number of amides is 1. The van der Waals surface area contributed by atoms with E-state index in [1.165, 1.54) is 0 Å². The second kappa shape index (κ2) is 12.2. The molecule has 0 aliphatic rings. The largest absolute Gasteiger partial charge is 0.466 e. The quantitative estimate of drug-likeness (QED) is 0.357. The smallest absolute Gasteiger partial charge is 0.328 e. The summed E-state index contributed by atoms with van der Waals surface area (Å²) in [7, 11) is 0. The number of nitrogens with two attached hydrogens (primary N) is 2. The minimum atomic E-state index is -0.966. The summed E-state index contributed by atoms with van der Waals surface area (Å²) in [5.41, 5.74) is 14.3. The normalized spacial score (nSPS) is 11.8. The number of carbonyl (C=O) groups is 3. The van der Waals surface area contributed by atoms with Crippen LogP contribution in [0.15, 0.2) is 36.4 Å². The maximum Gasteiger partial charge on any atom is 0.328 e. The predicted octanol–water partition coefficient (Wildman–Crippen LogP) is 2.36. The monoisotopic (exact) mass is 492 g/mol. The Kier molecular flexibility index (Phi) is 8.87. The van der Waals surface area contributed by atoms with Crippen LogP contribution in [-0.4, -0.2) is 52.1 Å². The van der Waals surface area contributed by atoms with Gasteiger partial charge in [0, 0.05) is 12.0 Å². The van der Waals surface area contributed by atoms with Gasteiger partial charge in [-0.25, -0.2) is 14.8 Å². The number of carbonyl (C=O) groups excluding carboxylic acids is 3. The molecule has 3 aromatic rings. The zero-order valence-electron chi connectivity index (χ0n) is 20.1. The molecular formula is C25H28N6O5. The standard InChI is InChI=1S/C25H28N6O5/c1-3-35-20(32)14-13-19(24(34)36-4-2)29-23(33)16-8-5-15(6-9-16)7-10-17-11-12-18-21(28-17)22(26)31-25(27)30-18/h5-12,19H,3-4,13-14H2,1-2H3,(H,29,33)(H4,26,27,30,31)/b10-7+/t19-/m0/s1. The van der Waals surface area contributed by atoms with Crippen LogP contribution in [0.3, 0.4) is 0 Å².